The van der Waals surface area contributed by atoms with E-state index in [2.05, 4.69) is 31.7 Å². The second-order valence-electron chi connectivity index (χ2n) is 5.91. The van der Waals surface area contributed by atoms with Crippen LogP contribution in [0.4, 0.5) is 10.2 Å². The third-order valence-corrected chi connectivity index (χ3v) is 4.24. The van der Waals surface area contributed by atoms with Gasteiger partial charge in [-0.2, -0.15) is 4.39 Å². The summed E-state index contributed by atoms with van der Waals surface area (Å²) < 4.78 is 24.7. The van der Waals surface area contributed by atoms with Gasteiger partial charge >= 0.3 is 0 Å². The first-order valence-corrected chi connectivity index (χ1v) is 8.62. The van der Waals surface area contributed by atoms with Crippen molar-refractivity contribution in [3.05, 3.63) is 54.1 Å². The number of nitrogens with zero attached hydrogens (tertiary/aromatic N) is 6. The van der Waals surface area contributed by atoms with E-state index in [4.69, 9.17) is 9.47 Å². The van der Waals surface area contributed by atoms with Crippen molar-refractivity contribution in [2.24, 2.45) is 9.98 Å². The maximum absolute atomic E-state index is 13.9. The van der Waals surface area contributed by atoms with Crippen LogP contribution in [0.1, 0.15) is 12.2 Å². The van der Waals surface area contributed by atoms with Crippen molar-refractivity contribution in [2.75, 3.05) is 25.7 Å². The molecule has 3 heterocycles. The van der Waals surface area contributed by atoms with Crippen molar-refractivity contribution in [1.82, 2.24) is 15.0 Å². The fourth-order valence-electron chi connectivity index (χ4n) is 3.00. The highest BCUT2D eigenvalue weighted by Gasteiger charge is 2.32. The molecule has 0 bridgehead atoms. The molecule has 28 heavy (non-hydrogen) atoms. The molecule has 1 unspecified atom stereocenters. The summed E-state index contributed by atoms with van der Waals surface area (Å²) in [6.07, 6.45) is 4.99. The van der Waals surface area contributed by atoms with Gasteiger partial charge in [0.15, 0.2) is 6.23 Å². The van der Waals surface area contributed by atoms with Crippen LogP contribution in [0.25, 0.3) is 0 Å². The van der Waals surface area contributed by atoms with Crippen LogP contribution in [0.5, 0.6) is 5.75 Å². The zero-order chi connectivity index (χ0) is 19.9. The number of rotatable bonds is 6. The van der Waals surface area contributed by atoms with Gasteiger partial charge < -0.3 is 14.4 Å². The number of methoxy groups -OCH3 is 2. The smallest absolute Gasteiger partial charge is 0.218 e. The van der Waals surface area contributed by atoms with Crippen LogP contribution >= 0.6 is 0 Å². The molecular weight excluding hydrogens is 363 g/mol. The van der Waals surface area contributed by atoms with Crippen LogP contribution in [0, 0.1) is 5.95 Å². The number of hydrogen-bond acceptors (Lipinski definition) is 8. The topological polar surface area (TPSA) is 85.1 Å². The zero-order valence-corrected chi connectivity index (χ0v) is 15.7. The summed E-state index contributed by atoms with van der Waals surface area (Å²) in [6, 6.07) is 4.64. The van der Waals surface area contributed by atoms with Gasteiger partial charge in [-0.25, -0.2) is 15.0 Å². The number of aromatic nitrogens is 3. The monoisotopic (exact) mass is 384 g/mol. The minimum absolute atomic E-state index is 0.340. The van der Waals surface area contributed by atoms with E-state index in [9.17, 15) is 4.39 Å². The molecule has 0 aromatic carbocycles. The first kappa shape index (κ1) is 19.6. The Morgan fingerprint density at radius 2 is 2.11 bits per heavy atom. The van der Waals surface area contributed by atoms with Gasteiger partial charge in [0.25, 0.3) is 0 Å². The molecule has 146 valence electrons. The van der Waals surface area contributed by atoms with Crippen molar-refractivity contribution in [3.8, 4) is 5.75 Å². The maximum atomic E-state index is 13.9. The van der Waals surface area contributed by atoms with Gasteiger partial charge in [-0.1, -0.05) is 0 Å². The standard InChI is InChI=1S/C19H21FN6O2/c1-21-11-14-15(24-12-17-22-6-4-7-23-17)5-8-26(19(14)28-3)18-10-13(27-2)9-16(20)25-18/h4,6-7,9-11,19H,1,5,8,12H2,2-3H3. The first-order valence-electron chi connectivity index (χ1n) is 8.62. The second-order valence-corrected chi connectivity index (χ2v) is 5.91. The molecule has 0 radical (unpaired) electrons. The number of halogens is 1. The molecule has 0 N–H and O–H groups in total. The quantitative estimate of drug-likeness (QED) is 0.562. The predicted molar refractivity (Wildman–Crippen MR) is 104 cm³/mol. The molecule has 1 fully saturated rings. The van der Waals surface area contributed by atoms with Gasteiger partial charge in [0.2, 0.25) is 5.95 Å². The van der Waals surface area contributed by atoms with Gasteiger partial charge in [0.1, 0.15) is 17.4 Å². The summed E-state index contributed by atoms with van der Waals surface area (Å²) in [4.78, 5) is 22.7. The van der Waals surface area contributed by atoms with Gasteiger partial charge in [-0.3, -0.25) is 9.98 Å². The molecule has 1 saturated heterocycles. The minimum atomic E-state index is -0.628. The second kappa shape index (κ2) is 9.14. The van der Waals surface area contributed by atoms with Crippen molar-refractivity contribution in [3.63, 3.8) is 0 Å². The molecule has 0 aliphatic carbocycles. The van der Waals surface area contributed by atoms with Crippen LogP contribution < -0.4 is 9.64 Å². The van der Waals surface area contributed by atoms with E-state index in [-0.39, 0.29) is 0 Å². The summed E-state index contributed by atoms with van der Waals surface area (Å²) >= 11 is 0. The van der Waals surface area contributed by atoms with Crippen molar-refractivity contribution in [1.29, 1.82) is 0 Å². The molecule has 9 heteroatoms. The molecule has 0 amide bonds. The third kappa shape index (κ3) is 4.37. The number of hydrogen-bond donors (Lipinski definition) is 0. The lowest BCUT2D eigenvalue weighted by Crippen LogP contribution is -2.46. The summed E-state index contributed by atoms with van der Waals surface area (Å²) in [7, 11) is 3.04. The molecule has 1 atom stereocenters. The summed E-state index contributed by atoms with van der Waals surface area (Å²) in [6.45, 7) is 4.41. The fourth-order valence-corrected chi connectivity index (χ4v) is 3.00. The Morgan fingerprint density at radius 3 is 2.79 bits per heavy atom. The number of ether oxygens (including phenoxy) is 2. The average molecular weight is 384 g/mol. The molecular formula is C19H21FN6O2. The van der Waals surface area contributed by atoms with Gasteiger partial charge in [-0.15, -0.1) is 0 Å². The largest absolute Gasteiger partial charge is 0.496 e. The van der Waals surface area contributed by atoms with Crippen molar-refractivity contribution in [2.45, 2.75) is 19.2 Å². The highest BCUT2D eigenvalue weighted by molar-refractivity contribution is 6.03. The number of anilines is 1. The lowest BCUT2D eigenvalue weighted by atomic mass is 10.0. The van der Waals surface area contributed by atoms with Crippen LogP contribution in [0.3, 0.4) is 0 Å². The molecule has 2 aromatic heterocycles. The van der Waals surface area contributed by atoms with Crippen LogP contribution in [-0.4, -0.2) is 54.4 Å². The SMILES string of the molecule is C=NC=C1C(=NCc2ncccn2)CCN(c2cc(OC)cc(F)n2)C1OC. The molecule has 3 rings (SSSR count). The zero-order valence-electron chi connectivity index (χ0n) is 15.7. The van der Waals surface area contributed by atoms with Crippen molar-refractivity contribution < 1.29 is 13.9 Å². The van der Waals surface area contributed by atoms with E-state index >= 15 is 0 Å². The lowest BCUT2D eigenvalue weighted by Gasteiger charge is -2.37. The number of piperidine rings is 1. The Kier molecular flexibility index (Phi) is 6.38. The predicted octanol–water partition coefficient (Wildman–Crippen LogP) is 2.43. The van der Waals surface area contributed by atoms with Gasteiger partial charge in [0, 0.05) is 62.1 Å². The fraction of sp³-hybridized carbons (Fsp3) is 0.316. The average Bonchev–Trinajstić information content (AvgIpc) is 2.72. The molecule has 1 aliphatic heterocycles. The Bertz CT molecular complexity index is 887. The molecule has 8 nitrogen and oxygen atoms in total. The van der Waals surface area contributed by atoms with E-state index in [1.165, 1.54) is 13.2 Å². The molecule has 2 aromatic rings. The van der Waals surface area contributed by atoms with E-state index in [1.54, 1.807) is 37.8 Å². The minimum Gasteiger partial charge on any atom is -0.496 e. The normalized spacial score (nSPS) is 19.8. The Morgan fingerprint density at radius 1 is 1.32 bits per heavy atom. The Balaban J connectivity index is 1.91. The highest BCUT2D eigenvalue weighted by Crippen LogP contribution is 2.29. The molecule has 0 spiro atoms. The van der Waals surface area contributed by atoms with Crippen LogP contribution in [0.15, 0.2) is 52.4 Å². The highest BCUT2D eigenvalue weighted by atomic mass is 19.1. The summed E-state index contributed by atoms with van der Waals surface area (Å²) in [5.74, 6) is 0.778. The molecule has 1 aliphatic rings. The number of aliphatic imine (C=N–C) groups is 2. The summed E-state index contributed by atoms with van der Waals surface area (Å²) in [5.41, 5.74) is 1.54. The molecule has 0 saturated carbocycles. The van der Waals surface area contributed by atoms with Crippen molar-refractivity contribution >= 4 is 18.2 Å². The Labute approximate surface area is 162 Å². The van der Waals surface area contributed by atoms with Gasteiger partial charge in [-0.05, 0) is 12.8 Å². The van der Waals surface area contributed by atoms with E-state index in [1.807, 2.05) is 4.90 Å². The summed E-state index contributed by atoms with van der Waals surface area (Å²) in [5, 5.41) is 0. The van der Waals surface area contributed by atoms with E-state index in [0.717, 1.165) is 11.3 Å². The van der Waals surface area contributed by atoms with Crippen LogP contribution in [0.2, 0.25) is 0 Å². The lowest BCUT2D eigenvalue weighted by molar-refractivity contribution is 0.128. The van der Waals surface area contributed by atoms with Gasteiger partial charge in [0.05, 0.1) is 13.7 Å². The maximum Gasteiger partial charge on any atom is 0.218 e. The first-order chi connectivity index (χ1) is 13.7. The number of pyridine rings is 1. The van der Waals surface area contributed by atoms with Crippen LogP contribution in [-0.2, 0) is 11.3 Å². The van der Waals surface area contributed by atoms with E-state index < -0.39 is 12.2 Å². The Hall–Kier alpha value is -3.20. The van der Waals surface area contributed by atoms with E-state index in [0.29, 0.717) is 36.9 Å². The third-order valence-electron chi connectivity index (χ3n) is 4.24.